The summed E-state index contributed by atoms with van der Waals surface area (Å²) in [5, 5.41) is 17.5. The highest BCUT2D eigenvalue weighted by Crippen LogP contribution is 2.28. The third-order valence-electron chi connectivity index (χ3n) is 6.14. The number of fused-ring (bicyclic) bond motifs is 1. The number of halogens is 2. The normalized spacial score (nSPS) is 13.0. The molecule has 0 amide bonds. The summed E-state index contributed by atoms with van der Waals surface area (Å²) in [6.07, 6.45) is 5.93. The molecule has 1 heterocycles. The summed E-state index contributed by atoms with van der Waals surface area (Å²) in [4.78, 5) is 16.5. The monoisotopic (exact) mass is 511 g/mol. The number of aliphatic hydroxyl groups is 1. The molecule has 8 heteroatoms. The molecule has 6 nitrogen and oxygen atoms in total. The summed E-state index contributed by atoms with van der Waals surface area (Å²) in [6.45, 7) is -0.531. The number of ether oxygens (including phenoxy) is 1. The average molecular weight is 512 g/mol. The van der Waals surface area contributed by atoms with Crippen molar-refractivity contribution in [2.24, 2.45) is 0 Å². The molecule has 0 aliphatic carbocycles. The van der Waals surface area contributed by atoms with Gasteiger partial charge in [-0.3, -0.25) is 4.79 Å². The number of carbonyl (C=O) groups is 1. The molecule has 5 aromatic rings. The Morgan fingerprint density at radius 2 is 1.76 bits per heavy atom. The third kappa shape index (κ3) is 5.66. The zero-order chi connectivity index (χ0) is 26.5. The molecule has 0 radical (unpaired) electrons. The number of aromatic nitrogens is 3. The maximum atomic E-state index is 14.6. The van der Waals surface area contributed by atoms with Crippen molar-refractivity contribution in [2.75, 3.05) is 6.61 Å². The fraction of sp³-hybridized carbons (Fsp3) is 0.100. The van der Waals surface area contributed by atoms with Gasteiger partial charge < -0.3 is 9.84 Å². The second kappa shape index (κ2) is 10.7. The lowest BCUT2D eigenvalue weighted by Crippen LogP contribution is -2.39. The molecule has 0 aliphatic heterocycles. The Hall–Kier alpha value is -4.69. The van der Waals surface area contributed by atoms with E-state index in [1.807, 2.05) is 42.5 Å². The Balaban J connectivity index is 1.28. The molecule has 1 N–H and O–H groups in total. The molecule has 1 aromatic heterocycles. The van der Waals surface area contributed by atoms with E-state index >= 15 is 0 Å². The first-order chi connectivity index (χ1) is 18.4. The van der Waals surface area contributed by atoms with Gasteiger partial charge in [0.05, 0.1) is 6.54 Å². The van der Waals surface area contributed by atoms with Crippen LogP contribution in [0.3, 0.4) is 0 Å². The number of ketones is 1. The third-order valence-corrected chi connectivity index (χ3v) is 6.14. The molecule has 1 atom stereocenters. The molecule has 0 saturated carbocycles. The minimum absolute atomic E-state index is 0.139. The van der Waals surface area contributed by atoms with Gasteiger partial charge in [0.25, 0.3) is 0 Å². The molecular weight excluding hydrogens is 488 g/mol. The smallest absolute Gasteiger partial charge is 0.185 e. The van der Waals surface area contributed by atoms with Crippen LogP contribution in [0.4, 0.5) is 8.78 Å². The molecule has 0 fully saturated rings. The van der Waals surface area contributed by atoms with Gasteiger partial charge >= 0.3 is 0 Å². The van der Waals surface area contributed by atoms with Gasteiger partial charge in [0, 0.05) is 17.2 Å². The second-order valence-corrected chi connectivity index (χ2v) is 8.87. The predicted molar refractivity (Wildman–Crippen MR) is 140 cm³/mol. The highest BCUT2D eigenvalue weighted by molar-refractivity contribution is 6.07. The van der Waals surface area contributed by atoms with Crippen LogP contribution >= 0.6 is 0 Å². The standard InChI is InChI=1S/C30H23F2N3O3/c31-25-10-13-27(28(32)16-25)30(37,17-35-20-33-19-34-35)18-38-26-11-8-23(9-12-26)29(36)14-6-21-5-7-22-3-1-2-4-24(22)15-21/h1-16,19-20,37H,17-18H2. The van der Waals surface area contributed by atoms with Crippen molar-refractivity contribution in [3.8, 4) is 5.75 Å². The highest BCUT2D eigenvalue weighted by Gasteiger charge is 2.34. The Morgan fingerprint density at radius 3 is 2.50 bits per heavy atom. The molecule has 4 aromatic carbocycles. The van der Waals surface area contributed by atoms with E-state index in [-0.39, 0.29) is 24.5 Å². The Kier molecular flexibility index (Phi) is 7.06. The van der Waals surface area contributed by atoms with Crippen molar-refractivity contribution in [1.29, 1.82) is 0 Å². The van der Waals surface area contributed by atoms with E-state index in [1.165, 1.54) is 29.5 Å². The molecule has 0 bridgehead atoms. The van der Waals surface area contributed by atoms with E-state index in [4.69, 9.17) is 4.74 Å². The average Bonchev–Trinajstić information content (AvgIpc) is 3.43. The minimum Gasteiger partial charge on any atom is -0.490 e. The summed E-state index contributed by atoms with van der Waals surface area (Å²) in [6, 6.07) is 23.3. The summed E-state index contributed by atoms with van der Waals surface area (Å²) in [7, 11) is 0. The molecule has 5 rings (SSSR count). The lowest BCUT2D eigenvalue weighted by atomic mass is 9.94. The van der Waals surface area contributed by atoms with Crippen molar-refractivity contribution in [3.05, 3.63) is 132 Å². The molecule has 38 heavy (non-hydrogen) atoms. The van der Waals surface area contributed by atoms with Crippen molar-refractivity contribution in [1.82, 2.24) is 14.8 Å². The fourth-order valence-electron chi connectivity index (χ4n) is 4.16. The van der Waals surface area contributed by atoms with E-state index in [0.717, 1.165) is 22.4 Å². The van der Waals surface area contributed by atoms with Crippen LogP contribution in [0.25, 0.3) is 16.8 Å². The zero-order valence-electron chi connectivity index (χ0n) is 20.2. The molecule has 1 unspecified atom stereocenters. The molecule has 0 aliphatic rings. The first kappa shape index (κ1) is 25.0. The van der Waals surface area contributed by atoms with E-state index in [0.29, 0.717) is 17.4 Å². The van der Waals surface area contributed by atoms with Gasteiger partial charge in [-0.2, -0.15) is 5.10 Å². The molecule has 190 valence electrons. The fourth-order valence-corrected chi connectivity index (χ4v) is 4.16. The van der Waals surface area contributed by atoms with E-state index in [2.05, 4.69) is 10.1 Å². The lowest BCUT2D eigenvalue weighted by Gasteiger charge is -2.29. The van der Waals surface area contributed by atoms with Gasteiger partial charge in [-0.15, -0.1) is 0 Å². The maximum absolute atomic E-state index is 14.6. The topological polar surface area (TPSA) is 77.2 Å². The number of benzene rings is 4. The first-order valence-corrected chi connectivity index (χ1v) is 11.8. The number of allylic oxidation sites excluding steroid dienone is 1. The van der Waals surface area contributed by atoms with Crippen molar-refractivity contribution in [2.45, 2.75) is 12.1 Å². The summed E-state index contributed by atoms with van der Waals surface area (Å²) in [5.74, 6) is -1.49. The van der Waals surface area contributed by atoms with E-state index in [1.54, 1.807) is 30.3 Å². The van der Waals surface area contributed by atoms with Crippen molar-refractivity contribution < 1.29 is 23.4 Å². The molecule has 0 saturated heterocycles. The first-order valence-electron chi connectivity index (χ1n) is 11.8. The van der Waals surface area contributed by atoms with Crippen molar-refractivity contribution >= 4 is 22.6 Å². The predicted octanol–water partition coefficient (Wildman–Crippen LogP) is 5.57. The van der Waals surface area contributed by atoms with Crippen LogP contribution in [0, 0.1) is 11.6 Å². The summed E-state index contributed by atoms with van der Waals surface area (Å²) in [5.41, 5.74) is -0.642. The van der Waals surface area contributed by atoms with E-state index in [9.17, 15) is 18.7 Å². The van der Waals surface area contributed by atoms with Crippen LogP contribution in [-0.4, -0.2) is 32.3 Å². The highest BCUT2D eigenvalue weighted by atomic mass is 19.1. The number of carbonyl (C=O) groups excluding carboxylic acids is 1. The maximum Gasteiger partial charge on any atom is 0.185 e. The largest absolute Gasteiger partial charge is 0.490 e. The second-order valence-electron chi connectivity index (χ2n) is 8.87. The number of hydrogen-bond donors (Lipinski definition) is 1. The Labute approximate surface area is 217 Å². The van der Waals surface area contributed by atoms with Crippen molar-refractivity contribution in [3.63, 3.8) is 0 Å². The van der Waals surface area contributed by atoms with Crippen LogP contribution in [0.5, 0.6) is 5.75 Å². The van der Waals surface area contributed by atoms with Gasteiger partial charge in [-0.1, -0.05) is 48.5 Å². The number of rotatable bonds is 9. The quantitative estimate of drug-likeness (QED) is 0.207. The number of hydrogen-bond acceptors (Lipinski definition) is 5. The van der Waals surface area contributed by atoms with Gasteiger partial charge in [0.1, 0.15) is 42.2 Å². The molecular formula is C30H23F2N3O3. The number of nitrogens with zero attached hydrogens (tertiary/aromatic N) is 3. The summed E-state index contributed by atoms with van der Waals surface area (Å²) >= 11 is 0. The summed E-state index contributed by atoms with van der Waals surface area (Å²) < 4.78 is 35.1. The van der Waals surface area contributed by atoms with Gasteiger partial charge in [-0.05, 0) is 58.8 Å². The molecule has 0 spiro atoms. The van der Waals surface area contributed by atoms with Crippen LogP contribution in [0.1, 0.15) is 21.5 Å². The van der Waals surface area contributed by atoms with Crippen LogP contribution in [0.2, 0.25) is 0 Å². The Morgan fingerprint density at radius 1 is 0.974 bits per heavy atom. The minimum atomic E-state index is -1.87. The van der Waals surface area contributed by atoms with Crippen LogP contribution < -0.4 is 4.74 Å². The Bertz CT molecular complexity index is 1600. The van der Waals surface area contributed by atoms with Crippen LogP contribution in [-0.2, 0) is 12.1 Å². The lowest BCUT2D eigenvalue weighted by molar-refractivity contribution is -0.0297. The van der Waals surface area contributed by atoms with Gasteiger partial charge in [0.15, 0.2) is 5.78 Å². The van der Waals surface area contributed by atoms with Gasteiger partial charge in [-0.25, -0.2) is 18.4 Å². The van der Waals surface area contributed by atoms with E-state index < -0.39 is 17.2 Å². The van der Waals surface area contributed by atoms with Gasteiger partial charge in [0.2, 0.25) is 0 Å². The van der Waals surface area contributed by atoms with Crippen LogP contribution in [0.15, 0.2) is 104 Å². The SMILES string of the molecule is O=C(C=Cc1ccc2ccccc2c1)c1ccc(OCC(O)(Cn2cncn2)c2ccc(F)cc2F)cc1. The zero-order valence-corrected chi connectivity index (χ0v) is 20.2.